The molecule has 238 valence electrons. The van der Waals surface area contributed by atoms with Gasteiger partial charge in [-0.05, 0) is 98.8 Å². The largest absolute Gasteiger partial charge is 0.573 e. The first-order valence-corrected chi connectivity index (χ1v) is 14.8. The van der Waals surface area contributed by atoms with Gasteiger partial charge in [-0.1, -0.05) is 54.6 Å². The number of carbonyl (C=O) groups is 2. The Balaban J connectivity index is 1.32. The normalized spacial score (nSPS) is 11.8. The third-order valence-corrected chi connectivity index (χ3v) is 7.64. The number of halogens is 3. The highest BCUT2D eigenvalue weighted by Crippen LogP contribution is 2.30. The minimum Gasteiger partial charge on any atom is -0.456 e. The number of fused-ring (bicyclic) bond motifs is 1. The van der Waals surface area contributed by atoms with Crippen LogP contribution in [0.5, 0.6) is 5.75 Å². The summed E-state index contributed by atoms with van der Waals surface area (Å²) in [6, 6.07) is 26.5. The number of alkyl halides is 3. The summed E-state index contributed by atoms with van der Waals surface area (Å²) in [7, 11) is 0. The van der Waals surface area contributed by atoms with E-state index < -0.39 is 12.0 Å². The van der Waals surface area contributed by atoms with Crippen molar-refractivity contribution < 1.29 is 32.2 Å². The lowest BCUT2D eigenvalue weighted by Gasteiger charge is -2.20. The Morgan fingerprint density at radius 1 is 0.826 bits per heavy atom. The van der Waals surface area contributed by atoms with E-state index in [0.717, 1.165) is 38.9 Å². The second-order valence-electron chi connectivity index (χ2n) is 12.2. The lowest BCUT2D eigenvalue weighted by Crippen LogP contribution is -2.24. The van der Waals surface area contributed by atoms with Crippen molar-refractivity contribution in [1.82, 2.24) is 9.88 Å². The molecule has 5 rings (SSSR count). The Morgan fingerprint density at radius 2 is 1.54 bits per heavy atom. The SMILES string of the molecule is Cc1c(C)n(Cc2ccc(-c3ccccc3C(=O)OC(C)(C)C)cc2)c2ccc(C(=O)NCc3cccc(OC(F)(F)F)c3)cc12. The van der Waals surface area contributed by atoms with Gasteiger partial charge in [0.25, 0.3) is 5.91 Å². The first-order chi connectivity index (χ1) is 21.7. The summed E-state index contributed by atoms with van der Waals surface area (Å²) in [5, 5.41) is 3.72. The topological polar surface area (TPSA) is 69.6 Å². The summed E-state index contributed by atoms with van der Waals surface area (Å²) >= 11 is 0. The van der Waals surface area contributed by atoms with Gasteiger partial charge >= 0.3 is 12.3 Å². The molecule has 0 atom stereocenters. The van der Waals surface area contributed by atoms with Gasteiger partial charge in [-0.25, -0.2) is 4.79 Å². The van der Waals surface area contributed by atoms with Crippen molar-refractivity contribution in [2.45, 2.75) is 59.7 Å². The molecule has 0 saturated carbocycles. The fraction of sp³-hybridized carbons (Fsp3) is 0.243. The van der Waals surface area contributed by atoms with Gasteiger partial charge in [0.05, 0.1) is 5.56 Å². The predicted molar refractivity (Wildman–Crippen MR) is 172 cm³/mol. The summed E-state index contributed by atoms with van der Waals surface area (Å²) in [5.74, 6) is -1.04. The van der Waals surface area contributed by atoms with Crippen LogP contribution in [0.4, 0.5) is 13.2 Å². The smallest absolute Gasteiger partial charge is 0.456 e. The fourth-order valence-electron chi connectivity index (χ4n) is 5.35. The number of nitrogens with one attached hydrogen (secondary N) is 1. The third-order valence-electron chi connectivity index (χ3n) is 7.64. The Hall–Kier alpha value is -5.05. The van der Waals surface area contributed by atoms with Crippen LogP contribution in [0.3, 0.4) is 0 Å². The molecule has 0 aliphatic heterocycles. The van der Waals surface area contributed by atoms with E-state index in [1.807, 2.05) is 89.2 Å². The van der Waals surface area contributed by atoms with E-state index in [0.29, 0.717) is 23.2 Å². The maximum Gasteiger partial charge on any atom is 0.573 e. The molecule has 1 amide bonds. The summed E-state index contributed by atoms with van der Waals surface area (Å²) in [5.41, 5.74) is 6.70. The van der Waals surface area contributed by atoms with Crippen LogP contribution in [0, 0.1) is 13.8 Å². The number of rotatable bonds is 8. The molecule has 1 N–H and O–H groups in total. The van der Waals surface area contributed by atoms with Crippen LogP contribution in [0.1, 0.15) is 63.9 Å². The number of carbonyl (C=O) groups excluding carboxylic acids is 2. The Bertz CT molecular complexity index is 1900. The van der Waals surface area contributed by atoms with Gasteiger partial charge in [-0.2, -0.15) is 0 Å². The predicted octanol–water partition coefficient (Wildman–Crippen LogP) is 8.76. The minimum absolute atomic E-state index is 0.0448. The van der Waals surface area contributed by atoms with Crippen molar-refractivity contribution in [3.8, 4) is 16.9 Å². The lowest BCUT2D eigenvalue weighted by molar-refractivity contribution is -0.274. The molecule has 0 saturated heterocycles. The Labute approximate surface area is 265 Å². The number of nitrogens with zero attached hydrogens (tertiary/aromatic N) is 1. The molecule has 4 aromatic carbocycles. The molecule has 9 heteroatoms. The van der Waals surface area contributed by atoms with Crippen LogP contribution >= 0.6 is 0 Å². The van der Waals surface area contributed by atoms with E-state index in [2.05, 4.69) is 14.6 Å². The molecule has 0 fully saturated rings. The zero-order valence-corrected chi connectivity index (χ0v) is 26.3. The maximum absolute atomic E-state index is 13.0. The number of ether oxygens (including phenoxy) is 2. The first-order valence-electron chi connectivity index (χ1n) is 14.8. The Kier molecular flexibility index (Phi) is 8.96. The highest BCUT2D eigenvalue weighted by Gasteiger charge is 2.31. The van der Waals surface area contributed by atoms with Gasteiger partial charge in [-0.3, -0.25) is 4.79 Å². The number of hydrogen-bond donors (Lipinski definition) is 1. The highest BCUT2D eigenvalue weighted by molar-refractivity contribution is 5.99. The molecule has 0 aliphatic carbocycles. The summed E-state index contributed by atoms with van der Waals surface area (Å²) in [4.78, 5) is 25.9. The van der Waals surface area contributed by atoms with Crippen LogP contribution in [0.2, 0.25) is 0 Å². The summed E-state index contributed by atoms with van der Waals surface area (Å²) in [6.07, 6.45) is -4.79. The second kappa shape index (κ2) is 12.7. The third kappa shape index (κ3) is 7.59. The molecule has 0 spiro atoms. The number of esters is 1. The van der Waals surface area contributed by atoms with Crippen molar-refractivity contribution in [3.05, 3.63) is 125 Å². The molecule has 0 aliphatic rings. The maximum atomic E-state index is 13.0. The highest BCUT2D eigenvalue weighted by atomic mass is 19.4. The van der Waals surface area contributed by atoms with Crippen LogP contribution in [0.15, 0.2) is 91.0 Å². The number of aromatic nitrogens is 1. The molecule has 0 radical (unpaired) electrons. The lowest BCUT2D eigenvalue weighted by atomic mass is 9.98. The van der Waals surface area contributed by atoms with Crippen molar-refractivity contribution in [3.63, 3.8) is 0 Å². The van der Waals surface area contributed by atoms with Crippen LogP contribution < -0.4 is 10.1 Å². The zero-order chi connectivity index (χ0) is 33.2. The van der Waals surface area contributed by atoms with E-state index in [4.69, 9.17) is 4.74 Å². The molecule has 5 aromatic rings. The van der Waals surface area contributed by atoms with Crippen molar-refractivity contribution in [2.24, 2.45) is 0 Å². The molecule has 1 heterocycles. The standard InChI is InChI=1S/C37H35F3N2O4/c1-23-24(2)42(22-25-13-15-27(16-14-25)30-11-6-7-12-31(30)35(44)46-36(3,4)5)33-18-17-28(20-32(23)33)34(43)41-21-26-9-8-10-29(19-26)45-37(38,39)40/h6-20H,21-22H2,1-5H3,(H,41,43). The molecular formula is C37H35F3N2O4. The monoisotopic (exact) mass is 628 g/mol. The van der Waals surface area contributed by atoms with Gasteiger partial charge in [0, 0.05) is 35.2 Å². The molecule has 0 unspecified atom stereocenters. The second-order valence-corrected chi connectivity index (χ2v) is 12.2. The van der Waals surface area contributed by atoms with Gasteiger partial charge in [0.2, 0.25) is 0 Å². The minimum atomic E-state index is -4.79. The van der Waals surface area contributed by atoms with E-state index in [9.17, 15) is 22.8 Å². The molecule has 0 bridgehead atoms. The van der Waals surface area contributed by atoms with E-state index in [1.54, 1.807) is 18.2 Å². The average Bonchev–Trinajstić information content (AvgIpc) is 3.23. The fourth-order valence-corrected chi connectivity index (χ4v) is 5.35. The Morgan fingerprint density at radius 3 is 2.24 bits per heavy atom. The number of aryl methyl sites for hydroxylation is 1. The zero-order valence-electron chi connectivity index (χ0n) is 26.3. The van der Waals surface area contributed by atoms with E-state index in [-0.39, 0.29) is 24.2 Å². The summed E-state index contributed by atoms with van der Waals surface area (Å²) in [6.45, 7) is 10.2. The van der Waals surface area contributed by atoms with E-state index >= 15 is 0 Å². The van der Waals surface area contributed by atoms with Gasteiger partial charge in [0.1, 0.15) is 11.4 Å². The number of benzene rings is 4. The van der Waals surface area contributed by atoms with Crippen LogP contribution in [-0.2, 0) is 17.8 Å². The van der Waals surface area contributed by atoms with Gasteiger partial charge < -0.3 is 19.4 Å². The van der Waals surface area contributed by atoms with Crippen LogP contribution in [-0.4, -0.2) is 28.4 Å². The van der Waals surface area contributed by atoms with Crippen molar-refractivity contribution >= 4 is 22.8 Å². The van der Waals surface area contributed by atoms with Gasteiger partial charge in [-0.15, -0.1) is 13.2 Å². The molecule has 46 heavy (non-hydrogen) atoms. The molecule has 6 nitrogen and oxygen atoms in total. The molecule has 1 aromatic heterocycles. The number of hydrogen-bond acceptors (Lipinski definition) is 4. The quantitative estimate of drug-likeness (QED) is 0.175. The van der Waals surface area contributed by atoms with Crippen LogP contribution in [0.25, 0.3) is 22.0 Å². The summed E-state index contributed by atoms with van der Waals surface area (Å²) < 4.78 is 49.5. The van der Waals surface area contributed by atoms with Crippen molar-refractivity contribution in [1.29, 1.82) is 0 Å². The van der Waals surface area contributed by atoms with Crippen molar-refractivity contribution in [2.75, 3.05) is 0 Å². The van der Waals surface area contributed by atoms with E-state index in [1.165, 1.54) is 18.2 Å². The van der Waals surface area contributed by atoms with Gasteiger partial charge in [0.15, 0.2) is 0 Å². The average molecular weight is 629 g/mol. The first kappa shape index (κ1) is 32.3. The molecular weight excluding hydrogens is 593 g/mol. The number of amides is 1.